The number of ether oxygens (including phenoxy) is 1. The lowest BCUT2D eigenvalue weighted by Gasteiger charge is -2.29. The van der Waals surface area contributed by atoms with E-state index >= 15 is 0 Å². The molecular formula is C16H19N3O2. The number of nitrogens with zero attached hydrogens (tertiary/aromatic N) is 2. The Bertz CT molecular complexity index is 651. The van der Waals surface area contributed by atoms with Crippen molar-refractivity contribution in [2.45, 2.75) is 31.2 Å². The molecule has 0 unspecified atom stereocenters. The summed E-state index contributed by atoms with van der Waals surface area (Å²) in [6.07, 6.45) is 7.49. The molecule has 0 radical (unpaired) electrons. The van der Waals surface area contributed by atoms with Gasteiger partial charge in [0.25, 0.3) is 5.91 Å². The molecule has 1 heterocycles. The zero-order valence-corrected chi connectivity index (χ0v) is 12.1. The van der Waals surface area contributed by atoms with E-state index < -0.39 is 0 Å². The van der Waals surface area contributed by atoms with Gasteiger partial charge in [0.15, 0.2) is 0 Å². The lowest BCUT2D eigenvalue weighted by atomic mass is 9.98. The molecule has 0 atom stereocenters. The van der Waals surface area contributed by atoms with Crippen LogP contribution in [0.1, 0.15) is 36.0 Å². The predicted octanol–water partition coefficient (Wildman–Crippen LogP) is 2.32. The van der Waals surface area contributed by atoms with Crippen LogP contribution in [0, 0.1) is 0 Å². The summed E-state index contributed by atoms with van der Waals surface area (Å²) in [6.45, 7) is 0.562. The highest BCUT2D eigenvalue weighted by atomic mass is 16.5. The smallest absolute Gasteiger partial charge is 0.251 e. The number of fused-ring (bicyclic) bond motifs is 1. The SMILES string of the molecule is COCC1(NC(=O)c2ccc3nccnc3c2)CCCC1. The number of rotatable bonds is 4. The van der Waals surface area contributed by atoms with Crippen molar-refractivity contribution >= 4 is 16.9 Å². The molecule has 3 rings (SSSR count). The third-order valence-corrected chi connectivity index (χ3v) is 4.09. The number of benzene rings is 1. The van der Waals surface area contributed by atoms with Crippen LogP contribution in [0.25, 0.3) is 11.0 Å². The number of aromatic nitrogens is 2. The van der Waals surface area contributed by atoms with Gasteiger partial charge < -0.3 is 10.1 Å². The molecule has 2 aromatic rings. The topological polar surface area (TPSA) is 64.1 Å². The highest BCUT2D eigenvalue weighted by Gasteiger charge is 2.35. The van der Waals surface area contributed by atoms with Crippen LogP contribution in [0.2, 0.25) is 0 Å². The zero-order valence-electron chi connectivity index (χ0n) is 12.1. The summed E-state index contributed by atoms with van der Waals surface area (Å²) in [5, 5.41) is 3.16. The summed E-state index contributed by atoms with van der Waals surface area (Å²) < 4.78 is 5.30. The minimum Gasteiger partial charge on any atom is -0.382 e. The first-order chi connectivity index (χ1) is 10.2. The van der Waals surface area contributed by atoms with E-state index in [9.17, 15) is 4.79 Å². The Hall–Kier alpha value is -2.01. The molecule has 1 aromatic heterocycles. The number of hydrogen-bond acceptors (Lipinski definition) is 4. The molecule has 0 saturated heterocycles. The highest BCUT2D eigenvalue weighted by molar-refractivity contribution is 5.97. The fraction of sp³-hybridized carbons (Fsp3) is 0.438. The Kier molecular flexibility index (Phi) is 3.84. The van der Waals surface area contributed by atoms with E-state index in [1.165, 1.54) is 0 Å². The van der Waals surface area contributed by atoms with Crippen LogP contribution in [0.15, 0.2) is 30.6 Å². The van der Waals surface area contributed by atoms with E-state index in [-0.39, 0.29) is 11.4 Å². The fourth-order valence-corrected chi connectivity index (χ4v) is 3.05. The Morgan fingerprint density at radius 3 is 2.67 bits per heavy atom. The molecule has 0 aliphatic heterocycles. The number of carbonyl (C=O) groups is 1. The summed E-state index contributed by atoms with van der Waals surface area (Å²) in [7, 11) is 1.68. The van der Waals surface area contributed by atoms with E-state index in [1.54, 1.807) is 31.6 Å². The van der Waals surface area contributed by atoms with Gasteiger partial charge in [0.05, 0.1) is 23.2 Å². The van der Waals surface area contributed by atoms with Crippen molar-refractivity contribution in [3.63, 3.8) is 0 Å². The Balaban J connectivity index is 1.82. The van der Waals surface area contributed by atoms with E-state index in [0.717, 1.165) is 36.7 Å². The summed E-state index contributed by atoms with van der Waals surface area (Å²) in [4.78, 5) is 21.0. The first-order valence-electron chi connectivity index (χ1n) is 7.25. The maximum Gasteiger partial charge on any atom is 0.251 e. The summed E-state index contributed by atoms with van der Waals surface area (Å²) in [5.41, 5.74) is 1.92. The maximum atomic E-state index is 12.5. The van der Waals surface area contributed by atoms with Crippen molar-refractivity contribution in [2.24, 2.45) is 0 Å². The van der Waals surface area contributed by atoms with Crippen molar-refractivity contribution in [3.8, 4) is 0 Å². The van der Waals surface area contributed by atoms with Gasteiger partial charge in [0.2, 0.25) is 0 Å². The van der Waals surface area contributed by atoms with Gasteiger partial charge in [-0.2, -0.15) is 0 Å². The molecule has 1 fully saturated rings. The third-order valence-electron chi connectivity index (χ3n) is 4.09. The normalized spacial score (nSPS) is 17.0. The molecular weight excluding hydrogens is 266 g/mol. The molecule has 1 aromatic carbocycles. The highest BCUT2D eigenvalue weighted by Crippen LogP contribution is 2.30. The van der Waals surface area contributed by atoms with Gasteiger partial charge in [0.1, 0.15) is 0 Å². The lowest BCUT2D eigenvalue weighted by molar-refractivity contribution is 0.0767. The van der Waals surface area contributed by atoms with E-state index in [4.69, 9.17) is 4.74 Å². The molecule has 1 aliphatic carbocycles. The number of amides is 1. The average Bonchev–Trinajstić information content (AvgIpc) is 2.95. The van der Waals surface area contributed by atoms with Gasteiger partial charge in [-0.25, -0.2) is 0 Å². The lowest BCUT2D eigenvalue weighted by Crippen LogP contribution is -2.49. The predicted molar refractivity (Wildman–Crippen MR) is 80.1 cm³/mol. The standard InChI is InChI=1S/C16H19N3O2/c1-21-11-16(6-2-3-7-16)19-15(20)12-4-5-13-14(10-12)18-9-8-17-13/h4-5,8-10H,2-3,6-7,11H2,1H3,(H,19,20). The fourth-order valence-electron chi connectivity index (χ4n) is 3.05. The van der Waals surface area contributed by atoms with Crippen LogP contribution in [0.5, 0.6) is 0 Å². The number of methoxy groups -OCH3 is 1. The van der Waals surface area contributed by atoms with Gasteiger partial charge >= 0.3 is 0 Å². The molecule has 1 N–H and O–H groups in total. The Morgan fingerprint density at radius 2 is 1.95 bits per heavy atom. The molecule has 1 aliphatic rings. The minimum atomic E-state index is -0.219. The second-order valence-corrected chi connectivity index (χ2v) is 5.63. The second-order valence-electron chi connectivity index (χ2n) is 5.63. The van der Waals surface area contributed by atoms with Crippen molar-refractivity contribution in [1.82, 2.24) is 15.3 Å². The van der Waals surface area contributed by atoms with Crippen LogP contribution in [-0.2, 0) is 4.74 Å². The minimum absolute atomic E-state index is 0.0681. The zero-order chi connectivity index (χ0) is 14.7. The number of nitrogens with one attached hydrogen (secondary N) is 1. The molecule has 110 valence electrons. The molecule has 0 bridgehead atoms. The third kappa shape index (κ3) is 2.88. The molecule has 5 nitrogen and oxygen atoms in total. The first kappa shape index (κ1) is 13.9. The molecule has 1 saturated carbocycles. The summed E-state index contributed by atoms with van der Waals surface area (Å²) >= 11 is 0. The van der Waals surface area contributed by atoms with Crippen LogP contribution in [0.3, 0.4) is 0 Å². The van der Waals surface area contributed by atoms with Crippen molar-refractivity contribution in [2.75, 3.05) is 13.7 Å². The van der Waals surface area contributed by atoms with E-state index in [2.05, 4.69) is 15.3 Å². The van der Waals surface area contributed by atoms with Crippen molar-refractivity contribution in [3.05, 3.63) is 36.2 Å². The van der Waals surface area contributed by atoms with Gasteiger partial charge in [-0.3, -0.25) is 14.8 Å². The number of carbonyl (C=O) groups excluding carboxylic acids is 1. The van der Waals surface area contributed by atoms with Crippen LogP contribution >= 0.6 is 0 Å². The summed E-state index contributed by atoms with van der Waals surface area (Å²) in [6, 6.07) is 5.41. The monoisotopic (exact) mass is 285 g/mol. The average molecular weight is 285 g/mol. The van der Waals surface area contributed by atoms with Crippen LogP contribution < -0.4 is 5.32 Å². The van der Waals surface area contributed by atoms with Crippen LogP contribution in [0.4, 0.5) is 0 Å². The van der Waals surface area contributed by atoms with Gasteiger partial charge in [-0.05, 0) is 31.0 Å². The number of hydrogen-bond donors (Lipinski definition) is 1. The van der Waals surface area contributed by atoms with Gasteiger partial charge in [-0.1, -0.05) is 12.8 Å². The maximum absolute atomic E-state index is 12.5. The van der Waals surface area contributed by atoms with Crippen molar-refractivity contribution < 1.29 is 9.53 Å². The quantitative estimate of drug-likeness (QED) is 0.936. The first-order valence-corrected chi connectivity index (χ1v) is 7.25. The largest absolute Gasteiger partial charge is 0.382 e. The Labute approximate surface area is 123 Å². The van der Waals surface area contributed by atoms with Gasteiger partial charge in [0, 0.05) is 25.1 Å². The van der Waals surface area contributed by atoms with Gasteiger partial charge in [-0.15, -0.1) is 0 Å². The summed E-state index contributed by atoms with van der Waals surface area (Å²) in [5.74, 6) is -0.0681. The van der Waals surface area contributed by atoms with Crippen molar-refractivity contribution in [1.29, 1.82) is 0 Å². The second kappa shape index (κ2) is 5.77. The van der Waals surface area contributed by atoms with Crippen LogP contribution in [-0.4, -0.2) is 35.1 Å². The van der Waals surface area contributed by atoms with E-state index in [1.807, 2.05) is 6.07 Å². The van der Waals surface area contributed by atoms with E-state index in [0.29, 0.717) is 12.2 Å². The molecule has 5 heteroatoms. The molecule has 21 heavy (non-hydrogen) atoms. The Morgan fingerprint density at radius 1 is 1.24 bits per heavy atom. The molecule has 1 amide bonds. The molecule has 0 spiro atoms.